The molecule has 0 saturated carbocycles. The number of esters is 1. The van der Waals surface area contributed by atoms with Crippen LogP contribution < -0.4 is 4.74 Å². The third-order valence-electron chi connectivity index (χ3n) is 4.64. The summed E-state index contributed by atoms with van der Waals surface area (Å²) in [4.78, 5) is 31.4. The van der Waals surface area contributed by atoms with Crippen molar-refractivity contribution >= 4 is 35.3 Å². The van der Waals surface area contributed by atoms with Gasteiger partial charge in [0.25, 0.3) is 0 Å². The number of para-hydroxylation sites is 2. The average Bonchev–Trinajstić information content (AvgIpc) is 3.09. The van der Waals surface area contributed by atoms with Gasteiger partial charge in [0.2, 0.25) is 0 Å². The van der Waals surface area contributed by atoms with Gasteiger partial charge in [-0.15, -0.1) is 0 Å². The second-order valence-corrected chi connectivity index (χ2v) is 7.64. The van der Waals surface area contributed by atoms with E-state index in [0.717, 1.165) is 11.0 Å². The number of alkyl halides is 3. The first-order chi connectivity index (χ1) is 15.9. The molecule has 8 nitrogen and oxygen atoms in total. The molecule has 0 atom stereocenters. The summed E-state index contributed by atoms with van der Waals surface area (Å²) < 4.78 is 46.7. The summed E-state index contributed by atoms with van der Waals surface area (Å²) in [5.41, 5.74) is 2.84. The van der Waals surface area contributed by atoms with Crippen molar-refractivity contribution in [1.82, 2.24) is 19.4 Å². The van der Waals surface area contributed by atoms with E-state index in [4.69, 9.17) is 17.0 Å². The number of nitrogens with one attached hydrogen (secondary N) is 1. The molecule has 0 aliphatic carbocycles. The molecule has 0 radical (unpaired) electrons. The van der Waals surface area contributed by atoms with Crippen molar-refractivity contribution in [2.45, 2.75) is 26.9 Å². The Labute approximate surface area is 199 Å². The Balaban J connectivity index is 0.000000257. The lowest BCUT2D eigenvalue weighted by atomic mass is 10.2. The number of likely N-dealkylation sites (N-methyl/N-ethyl adjacent to an activating group) is 1. The molecule has 184 valence electrons. The van der Waals surface area contributed by atoms with Crippen molar-refractivity contribution in [1.29, 1.82) is 0 Å². The Morgan fingerprint density at radius 3 is 2.53 bits per heavy atom. The Bertz CT molecular complexity index is 1210. The highest BCUT2D eigenvalue weighted by Gasteiger charge is 2.28. The van der Waals surface area contributed by atoms with Crippen LogP contribution in [0.25, 0.3) is 11.0 Å². The molecular weight excluding hydrogens is 473 g/mol. The number of aromatic nitrogens is 3. The SMILES string of the molecule is CC(=O)OCCN(C)C(=O)n1c(=S)[nH]c2ccccc21.Cc1nccc(OCC(F)(F)F)c1C. The van der Waals surface area contributed by atoms with Crippen LogP contribution in [0.3, 0.4) is 0 Å². The number of hydrogen-bond donors (Lipinski definition) is 1. The van der Waals surface area contributed by atoms with Gasteiger partial charge in [-0.1, -0.05) is 12.1 Å². The maximum atomic E-state index is 12.4. The van der Waals surface area contributed by atoms with E-state index in [1.54, 1.807) is 20.9 Å². The molecule has 3 rings (SSSR count). The van der Waals surface area contributed by atoms with Crippen molar-refractivity contribution in [3.63, 3.8) is 0 Å². The van der Waals surface area contributed by atoms with E-state index in [0.29, 0.717) is 22.6 Å². The first-order valence-corrected chi connectivity index (χ1v) is 10.5. The summed E-state index contributed by atoms with van der Waals surface area (Å²) in [5.74, 6) is -0.135. The quantitative estimate of drug-likeness (QED) is 0.402. The Morgan fingerprint density at radius 2 is 1.88 bits per heavy atom. The molecule has 1 N–H and O–H groups in total. The van der Waals surface area contributed by atoms with Crippen LogP contribution in [-0.2, 0) is 9.53 Å². The smallest absolute Gasteiger partial charge is 0.422 e. The summed E-state index contributed by atoms with van der Waals surface area (Å²) in [7, 11) is 1.63. The summed E-state index contributed by atoms with van der Waals surface area (Å²) >= 11 is 5.18. The number of carbonyl (C=O) groups is 2. The monoisotopic (exact) mass is 498 g/mol. The number of amides is 1. The molecule has 34 heavy (non-hydrogen) atoms. The maximum Gasteiger partial charge on any atom is 0.422 e. The first-order valence-electron chi connectivity index (χ1n) is 10.1. The normalized spacial score (nSPS) is 10.9. The van der Waals surface area contributed by atoms with Crippen LogP contribution in [-0.4, -0.2) is 64.4 Å². The molecule has 0 fully saturated rings. The summed E-state index contributed by atoms with van der Waals surface area (Å²) in [6.07, 6.45) is -2.88. The maximum absolute atomic E-state index is 12.4. The number of benzene rings is 1. The number of hydrogen-bond acceptors (Lipinski definition) is 6. The number of pyridine rings is 1. The summed E-state index contributed by atoms with van der Waals surface area (Å²) in [5, 5.41) is 0. The molecule has 3 aromatic rings. The average molecular weight is 499 g/mol. The van der Waals surface area contributed by atoms with E-state index in [1.165, 1.54) is 28.7 Å². The largest absolute Gasteiger partial charge is 0.484 e. The topological polar surface area (TPSA) is 89.5 Å². The number of nitrogens with zero attached hydrogens (tertiary/aromatic N) is 3. The fraction of sp³-hybridized carbons (Fsp3) is 0.364. The fourth-order valence-electron chi connectivity index (χ4n) is 2.77. The van der Waals surface area contributed by atoms with Crippen molar-refractivity contribution < 1.29 is 32.2 Å². The number of imidazole rings is 1. The third kappa shape index (κ3) is 7.58. The van der Waals surface area contributed by atoms with Gasteiger partial charge >= 0.3 is 18.2 Å². The molecule has 0 spiro atoms. The number of ether oxygens (including phenoxy) is 2. The molecule has 1 aromatic carbocycles. The van der Waals surface area contributed by atoms with Gasteiger partial charge in [0.1, 0.15) is 12.4 Å². The van der Waals surface area contributed by atoms with E-state index in [2.05, 4.69) is 14.7 Å². The van der Waals surface area contributed by atoms with Crippen molar-refractivity contribution in [2.75, 3.05) is 26.8 Å². The van der Waals surface area contributed by atoms with Gasteiger partial charge in [-0.2, -0.15) is 13.2 Å². The minimum atomic E-state index is -4.30. The minimum absolute atomic E-state index is 0.160. The van der Waals surface area contributed by atoms with Gasteiger partial charge in [-0.25, -0.2) is 9.36 Å². The van der Waals surface area contributed by atoms with E-state index in [9.17, 15) is 22.8 Å². The standard InChI is InChI=1S/C13H15N3O3S.C9H10F3NO/c1-9(17)19-8-7-15(2)13(18)16-11-6-4-3-5-10(11)14-12(16)20;1-6-7(2)13-4-3-8(6)14-5-9(10,11)12/h3-6H,7-8H2,1-2H3,(H,14,20);3-4H,5H2,1-2H3. The lowest BCUT2D eigenvalue weighted by Crippen LogP contribution is -2.34. The molecule has 0 bridgehead atoms. The second kappa shape index (κ2) is 11.6. The van der Waals surface area contributed by atoms with Crippen LogP contribution in [0.5, 0.6) is 5.75 Å². The van der Waals surface area contributed by atoms with Crippen LogP contribution in [0.1, 0.15) is 18.2 Å². The van der Waals surface area contributed by atoms with Gasteiger partial charge in [0.05, 0.1) is 17.6 Å². The number of H-pyrrole nitrogens is 1. The van der Waals surface area contributed by atoms with Crippen LogP contribution >= 0.6 is 12.2 Å². The number of rotatable bonds is 5. The zero-order chi connectivity index (χ0) is 25.5. The molecular formula is C22H25F3N4O4S. The van der Waals surface area contributed by atoms with Gasteiger partial charge in [-0.05, 0) is 44.3 Å². The minimum Gasteiger partial charge on any atom is -0.484 e. The number of aryl methyl sites for hydroxylation is 1. The van der Waals surface area contributed by atoms with Gasteiger partial charge in [0.15, 0.2) is 11.4 Å². The third-order valence-corrected chi connectivity index (χ3v) is 4.92. The highest BCUT2D eigenvalue weighted by atomic mass is 32.1. The zero-order valence-corrected chi connectivity index (χ0v) is 19.9. The molecule has 0 saturated heterocycles. The highest BCUT2D eigenvalue weighted by Crippen LogP contribution is 2.22. The highest BCUT2D eigenvalue weighted by molar-refractivity contribution is 7.71. The van der Waals surface area contributed by atoms with E-state index < -0.39 is 12.8 Å². The molecule has 2 heterocycles. The van der Waals surface area contributed by atoms with Crippen LogP contribution in [0.4, 0.5) is 18.0 Å². The summed E-state index contributed by atoms with van der Waals surface area (Å²) in [6, 6.07) is 8.54. The fourth-order valence-corrected chi connectivity index (χ4v) is 3.06. The number of carbonyl (C=O) groups excluding carboxylic acids is 2. The lowest BCUT2D eigenvalue weighted by molar-refractivity contribution is -0.153. The lowest BCUT2D eigenvalue weighted by Gasteiger charge is -2.17. The zero-order valence-electron chi connectivity index (χ0n) is 19.1. The molecule has 12 heteroatoms. The molecule has 2 aromatic heterocycles. The molecule has 0 aliphatic heterocycles. The number of aromatic amines is 1. The van der Waals surface area contributed by atoms with E-state index in [-0.39, 0.29) is 24.4 Å². The van der Waals surface area contributed by atoms with Gasteiger partial charge in [0, 0.05) is 31.4 Å². The molecule has 1 amide bonds. The van der Waals surface area contributed by atoms with E-state index >= 15 is 0 Å². The summed E-state index contributed by atoms with van der Waals surface area (Å²) in [6.45, 7) is 3.92. The van der Waals surface area contributed by atoms with Crippen molar-refractivity contribution in [3.05, 3.63) is 52.6 Å². The Kier molecular flexibility index (Phi) is 9.19. The van der Waals surface area contributed by atoms with E-state index in [1.807, 2.05) is 24.3 Å². The Hall–Kier alpha value is -3.41. The molecule has 0 unspecified atom stereocenters. The first kappa shape index (κ1) is 26.8. The predicted molar refractivity (Wildman–Crippen MR) is 122 cm³/mol. The van der Waals surface area contributed by atoms with Gasteiger partial charge in [-0.3, -0.25) is 9.78 Å². The number of halogens is 3. The van der Waals surface area contributed by atoms with Crippen LogP contribution in [0, 0.1) is 18.6 Å². The van der Waals surface area contributed by atoms with Crippen LogP contribution in [0.2, 0.25) is 0 Å². The van der Waals surface area contributed by atoms with Crippen LogP contribution in [0.15, 0.2) is 36.5 Å². The number of fused-ring (bicyclic) bond motifs is 1. The van der Waals surface area contributed by atoms with Crippen molar-refractivity contribution in [2.24, 2.45) is 0 Å². The molecule has 0 aliphatic rings. The Morgan fingerprint density at radius 1 is 1.21 bits per heavy atom. The predicted octanol–water partition coefficient (Wildman–Crippen LogP) is 4.80. The second-order valence-electron chi connectivity index (χ2n) is 7.25. The van der Waals surface area contributed by atoms with Gasteiger partial charge < -0.3 is 19.4 Å². The van der Waals surface area contributed by atoms with Crippen molar-refractivity contribution in [3.8, 4) is 5.75 Å².